The Morgan fingerprint density at radius 2 is 1.90 bits per heavy atom. The van der Waals surface area contributed by atoms with Gasteiger partial charge in [-0.3, -0.25) is 4.79 Å². The molecular formula is C15H12Cl2N2O. The quantitative estimate of drug-likeness (QED) is 0.674. The summed E-state index contributed by atoms with van der Waals surface area (Å²) < 4.78 is 0. The highest BCUT2D eigenvalue weighted by molar-refractivity contribution is 6.43. The number of hydrogen-bond acceptors (Lipinski definition) is 2. The molecular weight excluding hydrogens is 295 g/mol. The lowest BCUT2D eigenvalue weighted by molar-refractivity contribution is 0.0954. The second-order valence-corrected chi connectivity index (χ2v) is 4.94. The van der Waals surface area contributed by atoms with Crippen molar-refractivity contribution in [1.29, 1.82) is 0 Å². The summed E-state index contributed by atoms with van der Waals surface area (Å²) in [6.45, 7) is 1.87. The Balaban J connectivity index is 2.09. The average molecular weight is 307 g/mol. The third-order valence-electron chi connectivity index (χ3n) is 2.74. The topological polar surface area (TPSA) is 41.5 Å². The number of halogens is 2. The second-order valence-electron chi connectivity index (χ2n) is 4.16. The molecule has 0 spiro atoms. The monoisotopic (exact) mass is 306 g/mol. The normalized spacial score (nSPS) is 10.8. The molecule has 20 heavy (non-hydrogen) atoms. The van der Waals surface area contributed by atoms with Crippen LogP contribution in [-0.4, -0.2) is 12.1 Å². The minimum Gasteiger partial charge on any atom is -0.267 e. The maximum absolute atomic E-state index is 11.9. The van der Waals surface area contributed by atoms with Gasteiger partial charge in [0.2, 0.25) is 0 Å². The Labute approximate surface area is 127 Å². The zero-order valence-electron chi connectivity index (χ0n) is 10.7. The van der Waals surface area contributed by atoms with E-state index in [2.05, 4.69) is 10.5 Å². The molecule has 5 heteroatoms. The van der Waals surface area contributed by atoms with Crippen molar-refractivity contribution in [3.63, 3.8) is 0 Å². The highest BCUT2D eigenvalue weighted by Crippen LogP contribution is 2.24. The van der Waals surface area contributed by atoms with Crippen LogP contribution in [0.3, 0.4) is 0 Å². The van der Waals surface area contributed by atoms with Crippen molar-refractivity contribution in [3.8, 4) is 0 Å². The van der Waals surface area contributed by atoms with Crippen LogP contribution in [0, 0.1) is 6.92 Å². The summed E-state index contributed by atoms with van der Waals surface area (Å²) in [6, 6.07) is 12.5. The van der Waals surface area contributed by atoms with Crippen LogP contribution in [0.4, 0.5) is 0 Å². The van der Waals surface area contributed by atoms with Gasteiger partial charge in [0, 0.05) is 11.1 Å². The molecule has 0 aliphatic heterocycles. The summed E-state index contributed by atoms with van der Waals surface area (Å²) in [4.78, 5) is 11.9. The standard InChI is InChI=1S/C15H12Cl2N2O/c1-10-5-2-3-7-12(10)15(20)19-18-9-11-6-4-8-13(16)14(11)17/h2-9H,1H3,(H,19,20)/b18-9-. The first-order valence-corrected chi connectivity index (χ1v) is 6.68. The molecule has 0 radical (unpaired) electrons. The first-order chi connectivity index (χ1) is 9.59. The Hall–Kier alpha value is -1.84. The second kappa shape index (κ2) is 6.55. The van der Waals surface area contributed by atoms with Gasteiger partial charge >= 0.3 is 0 Å². The molecule has 0 fully saturated rings. The van der Waals surface area contributed by atoms with E-state index in [1.54, 1.807) is 30.3 Å². The Morgan fingerprint density at radius 3 is 2.65 bits per heavy atom. The minimum absolute atomic E-state index is 0.266. The Bertz CT molecular complexity index is 669. The zero-order valence-corrected chi connectivity index (χ0v) is 12.2. The largest absolute Gasteiger partial charge is 0.271 e. The molecule has 2 aromatic carbocycles. The molecule has 0 saturated heterocycles. The van der Waals surface area contributed by atoms with Gasteiger partial charge in [-0.2, -0.15) is 5.10 Å². The molecule has 0 aromatic heterocycles. The number of rotatable bonds is 3. The highest BCUT2D eigenvalue weighted by atomic mass is 35.5. The fraction of sp³-hybridized carbons (Fsp3) is 0.0667. The van der Waals surface area contributed by atoms with Gasteiger partial charge in [0.25, 0.3) is 5.91 Å². The summed E-state index contributed by atoms with van der Waals surface area (Å²) in [6.07, 6.45) is 1.46. The SMILES string of the molecule is Cc1ccccc1C(=O)N/N=C\c1cccc(Cl)c1Cl. The van der Waals surface area contributed by atoms with Crippen LogP contribution < -0.4 is 5.43 Å². The van der Waals surface area contributed by atoms with E-state index in [0.29, 0.717) is 21.2 Å². The predicted molar refractivity (Wildman–Crippen MR) is 82.7 cm³/mol. The first-order valence-electron chi connectivity index (χ1n) is 5.92. The van der Waals surface area contributed by atoms with Gasteiger partial charge in [0.1, 0.15) is 0 Å². The molecule has 0 aliphatic carbocycles. The Morgan fingerprint density at radius 1 is 1.15 bits per heavy atom. The van der Waals surface area contributed by atoms with Crippen LogP contribution in [-0.2, 0) is 0 Å². The number of carbonyl (C=O) groups excluding carboxylic acids is 1. The number of hydrogen-bond donors (Lipinski definition) is 1. The number of hydrazone groups is 1. The van der Waals surface area contributed by atoms with Gasteiger partial charge in [-0.15, -0.1) is 0 Å². The van der Waals surface area contributed by atoms with Crippen molar-refractivity contribution in [2.75, 3.05) is 0 Å². The predicted octanol–water partition coefficient (Wildman–Crippen LogP) is 4.07. The molecule has 3 nitrogen and oxygen atoms in total. The van der Waals surface area contributed by atoms with Crippen molar-refractivity contribution in [3.05, 3.63) is 69.2 Å². The number of carbonyl (C=O) groups is 1. The van der Waals surface area contributed by atoms with E-state index in [-0.39, 0.29) is 5.91 Å². The molecule has 2 rings (SSSR count). The summed E-state index contributed by atoms with van der Waals surface area (Å²) >= 11 is 11.9. The molecule has 102 valence electrons. The highest BCUT2D eigenvalue weighted by Gasteiger charge is 2.06. The van der Waals surface area contributed by atoms with Gasteiger partial charge in [-0.1, -0.05) is 53.5 Å². The van der Waals surface area contributed by atoms with E-state index in [1.807, 2.05) is 19.1 Å². The fourth-order valence-electron chi connectivity index (χ4n) is 1.67. The van der Waals surface area contributed by atoms with E-state index in [4.69, 9.17) is 23.2 Å². The van der Waals surface area contributed by atoms with Crippen molar-refractivity contribution >= 4 is 35.3 Å². The molecule has 0 heterocycles. The van der Waals surface area contributed by atoms with Crippen LogP contribution in [0.2, 0.25) is 10.0 Å². The smallest absolute Gasteiger partial charge is 0.267 e. The number of aryl methyl sites for hydroxylation is 1. The van der Waals surface area contributed by atoms with Crippen molar-refractivity contribution in [1.82, 2.24) is 5.43 Å². The fourth-order valence-corrected chi connectivity index (χ4v) is 2.03. The first kappa shape index (κ1) is 14.6. The van der Waals surface area contributed by atoms with Crippen LogP contribution in [0.5, 0.6) is 0 Å². The van der Waals surface area contributed by atoms with Crippen molar-refractivity contribution < 1.29 is 4.79 Å². The molecule has 1 N–H and O–H groups in total. The number of nitrogens with one attached hydrogen (secondary N) is 1. The van der Waals surface area contributed by atoms with Gasteiger partial charge in [0.15, 0.2) is 0 Å². The van der Waals surface area contributed by atoms with Crippen LogP contribution in [0.25, 0.3) is 0 Å². The lowest BCUT2D eigenvalue weighted by Gasteiger charge is -2.03. The molecule has 0 bridgehead atoms. The van der Waals surface area contributed by atoms with Crippen LogP contribution in [0.1, 0.15) is 21.5 Å². The number of nitrogens with zero attached hydrogens (tertiary/aromatic N) is 1. The third kappa shape index (κ3) is 3.38. The number of benzene rings is 2. The average Bonchev–Trinajstić information content (AvgIpc) is 2.44. The summed E-state index contributed by atoms with van der Waals surface area (Å²) in [5.74, 6) is -0.266. The lowest BCUT2D eigenvalue weighted by atomic mass is 10.1. The molecule has 0 saturated carbocycles. The van der Waals surface area contributed by atoms with E-state index in [1.165, 1.54) is 6.21 Å². The van der Waals surface area contributed by atoms with E-state index < -0.39 is 0 Å². The van der Waals surface area contributed by atoms with E-state index >= 15 is 0 Å². The maximum atomic E-state index is 11.9. The summed E-state index contributed by atoms with van der Waals surface area (Å²) in [5, 5.41) is 4.74. The Kier molecular flexibility index (Phi) is 4.77. The molecule has 0 aliphatic rings. The van der Waals surface area contributed by atoms with Crippen molar-refractivity contribution in [2.45, 2.75) is 6.92 Å². The van der Waals surface area contributed by atoms with Gasteiger partial charge in [-0.05, 0) is 24.6 Å². The minimum atomic E-state index is -0.266. The lowest BCUT2D eigenvalue weighted by Crippen LogP contribution is -2.18. The molecule has 0 atom stereocenters. The number of amides is 1. The van der Waals surface area contributed by atoms with E-state index in [0.717, 1.165) is 5.56 Å². The van der Waals surface area contributed by atoms with Crippen LogP contribution >= 0.6 is 23.2 Å². The zero-order chi connectivity index (χ0) is 14.5. The third-order valence-corrected chi connectivity index (χ3v) is 3.57. The van der Waals surface area contributed by atoms with Crippen molar-refractivity contribution in [2.24, 2.45) is 5.10 Å². The molecule has 0 unspecified atom stereocenters. The van der Waals surface area contributed by atoms with Gasteiger partial charge in [-0.25, -0.2) is 5.43 Å². The maximum Gasteiger partial charge on any atom is 0.271 e. The van der Waals surface area contributed by atoms with Gasteiger partial charge in [0.05, 0.1) is 16.3 Å². The van der Waals surface area contributed by atoms with Gasteiger partial charge < -0.3 is 0 Å². The summed E-state index contributed by atoms with van der Waals surface area (Å²) in [5.41, 5.74) is 4.58. The summed E-state index contributed by atoms with van der Waals surface area (Å²) in [7, 11) is 0. The van der Waals surface area contributed by atoms with E-state index in [9.17, 15) is 4.79 Å². The molecule has 1 amide bonds. The van der Waals surface area contributed by atoms with Crippen LogP contribution in [0.15, 0.2) is 47.6 Å². The molecule has 2 aromatic rings.